The second kappa shape index (κ2) is 22.7. The maximum atomic E-state index is 2.71. The van der Waals surface area contributed by atoms with Gasteiger partial charge in [-0.05, 0) is 181 Å². The molecule has 20 rings (SSSR count). The third kappa shape index (κ3) is 8.78. The number of benzene rings is 16. The highest BCUT2D eigenvalue weighted by atomic mass is 32.2. The molecular formula is C90H59B2N5S. The minimum atomic E-state index is -0.184. The predicted octanol–water partition coefficient (Wildman–Crippen LogP) is 20.6. The lowest BCUT2D eigenvalue weighted by Crippen LogP contribution is -2.64. The first-order chi connectivity index (χ1) is 48.7. The molecule has 4 aliphatic heterocycles. The van der Waals surface area contributed by atoms with Crippen molar-refractivity contribution in [3.63, 3.8) is 0 Å². The van der Waals surface area contributed by atoms with Gasteiger partial charge in [-0.3, -0.25) is 0 Å². The van der Waals surface area contributed by atoms with Gasteiger partial charge >= 0.3 is 0 Å². The molecule has 16 aromatic rings. The first-order valence-electron chi connectivity index (χ1n) is 33.8. The molecule has 0 N–H and O–H groups in total. The Morgan fingerprint density at radius 3 is 1.17 bits per heavy atom. The summed E-state index contributed by atoms with van der Waals surface area (Å²) in [5.41, 5.74) is 26.9. The molecule has 98 heavy (non-hydrogen) atoms. The second-order valence-corrected chi connectivity index (χ2v) is 27.0. The number of para-hydroxylation sites is 8. The van der Waals surface area contributed by atoms with Gasteiger partial charge in [0, 0.05) is 94.5 Å². The van der Waals surface area contributed by atoms with E-state index in [0.717, 1.165) is 73.9 Å². The fourth-order valence-electron chi connectivity index (χ4n) is 16.5. The molecule has 16 aromatic carbocycles. The molecule has 5 nitrogen and oxygen atoms in total. The first kappa shape index (κ1) is 56.2. The lowest BCUT2D eigenvalue weighted by Gasteiger charge is -2.46. The highest BCUT2D eigenvalue weighted by molar-refractivity contribution is 8.00. The maximum absolute atomic E-state index is 2.71. The Kier molecular flexibility index (Phi) is 13.0. The molecule has 0 radical (unpaired) electrons. The van der Waals surface area contributed by atoms with E-state index >= 15 is 0 Å². The van der Waals surface area contributed by atoms with Gasteiger partial charge in [0.2, 0.25) is 6.71 Å². The SMILES string of the molecule is c1ccc(N(c2ccccc2)c2cc3c4c(c2)N(c2ccccc2)c2ccccc2B4c2cc4c(cc2S3)N(c2c3ccccc3c(-c3ccc5ccccc5c3)c3ccccc23)c2cc(N(c3ccccc3)c3ccccc3)cc3c2B4c2ccccc2N3c2ccccc2)cc1. The summed E-state index contributed by atoms with van der Waals surface area (Å²) in [6.45, 7) is -0.297. The minimum Gasteiger partial charge on any atom is -0.311 e. The lowest BCUT2D eigenvalue weighted by atomic mass is 9.31. The summed E-state index contributed by atoms with van der Waals surface area (Å²) in [4.78, 5) is 15.1. The number of anilines is 15. The molecule has 456 valence electrons. The average molecular weight is 1260 g/mol. The Morgan fingerprint density at radius 2 is 0.653 bits per heavy atom. The Labute approximate surface area is 575 Å². The fourth-order valence-corrected chi connectivity index (χ4v) is 17.7. The number of nitrogens with zero attached hydrogens (tertiary/aromatic N) is 5. The highest BCUT2D eigenvalue weighted by Crippen LogP contribution is 2.55. The van der Waals surface area contributed by atoms with Crippen molar-refractivity contribution < 1.29 is 0 Å². The van der Waals surface area contributed by atoms with E-state index in [0.29, 0.717) is 0 Å². The van der Waals surface area contributed by atoms with Crippen molar-refractivity contribution in [3.8, 4) is 11.1 Å². The number of rotatable bonds is 10. The summed E-state index contributed by atoms with van der Waals surface area (Å²) >= 11 is 1.92. The molecule has 4 heterocycles. The Morgan fingerprint density at radius 1 is 0.245 bits per heavy atom. The molecule has 8 heteroatoms. The van der Waals surface area contributed by atoms with Crippen LogP contribution in [0.5, 0.6) is 0 Å². The highest BCUT2D eigenvalue weighted by Gasteiger charge is 2.48. The van der Waals surface area contributed by atoms with Crippen LogP contribution in [0.2, 0.25) is 0 Å². The largest absolute Gasteiger partial charge is 0.311 e. The van der Waals surface area contributed by atoms with Crippen LogP contribution < -0.4 is 57.3 Å². The molecule has 0 atom stereocenters. The summed E-state index contributed by atoms with van der Waals surface area (Å²) in [7, 11) is 0. The van der Waals surface area contributed by atoms with E-state index in [1.165, 1.54) is 97.4 Å². The zero-order chi connectivity index (χ0) is 64.4. The first-order valence-corrected chi connectivity index (χ1v) is 34.6. The van der Waals surface area contributed by atoms with Gasteiger partial charge in [-0.2, -0.15) is 0 Å². The van der Waals surface area contributed by atoms with Gasteiger partial charge in [0.15, 0.2) is 0 Å². The average Bonchev–Trinajstić information content (AvgIpc) is 0.685. The van der Waals surface area contributed by atoms with Gasteiger partial charge in [-0.25, -0.2) is 0 Å². The van der Waals surface area contributed by atoms with Crippen LogP contribution in [0.3, 0.4) is 0 Å². The maximum Gasteiger partial charge on any atom is 0.252 e. The van der Waals surface area contributed by atoms with Gasteiger partial charge in [-0.15, -0.1) is 0 Å². The third-order valence-electron chi connectivity index (χ3n) is 20.5. The van der Waals surface area contributed by atoms with E-state index < -0.39 is 0 Å². The predicted molar refractivity (Wildman–Crippen MR) is 418 cm³/mol. The topological polar surface area (TPSA) is 16.2 Å². The zero-order valence-electron chi connectivity index (χ0n) is 53.4. The lowest BCUT2D eigenvalue weighted by molar-refractivity contribution is 1.22. The van der Waals surface area contributed by atoms with Gasteiger partial charge in [-0.1, -0.05) is 254 Å². The van der Waals surface area contributed by atoms with Crippen LogP contribution in [0.15, 0.2) is 368 Å². The summed E-state index contributed by atoms with van der Waals surface area (Å²) in [5, 5.41) is 7.18. The minimum absolute atomic E-state index is 0.113. The smallest absolute Gasteiger partial charge is 0.252 e. The van der Waals surface area contributed by atoms with E-state index in [4.69, 9.17) is 0 Å². The summed E-state index contributed by atoms with van der Waals surface area (Å²) in [5.74, 6) is 0. The fraction of sp³-hybridized carbons (Fsp3) is 0. The number of hydrogen-bond acceptors (Lipinski definition) is 6. The molecule has 4 aliphatic rings. The number of hydrogen-bond donors (Lipinski definition) is 0. The van der Waals surface area contributed by atoms with Crippen molar-refractivity contribution in [1.29, 1.82) is 0 Å². The Balaban J connectivity index is 0.918. The van der Waals surface area contributed by atoms with Crippen molar-refractivity contribution in [2.75, 3.05) is 24.5 Å². The molecule has 0 fully saturated rings. The zero-order valence-corrected chi connectivity index (χ0v) is 54.2. The Bertz CT molecular complexity index is 5710. The van der Waals surface area contributed by atoms with Crippen LogP contribution in [0.25, 0.3) is 43.4 Å². The van der Waals surface area contributed by atoms with Gasteiger partial charge < -0.3 is 24.5 Å². The second-order valence-electron chi connectivity index (χ2n) is 25.9. The van der Waals surface area contributed by atoms with E-state index in [1.54, 1.807) is 0 Å². The van der Waals surface area contributed by atoms with Crippen LogP contribution in [0, 0.1) is 0 Å². The van der Waals surface area contributed by atoms with Crippen molar-refractivity contribution in [2.24, 2.45) is 0 Å². The molecular weight excluding hydrogens is 1200 g/mol. The molecule has 0 aromatic heterocycles. The van der Waals surface area contributed by atoms with Crippen molar-refractivity contribution in [2.45, 2.75) is 9.79 Å². The van der Waals surface area contributed by atoms with E-state index in [2.05, 4.69) is 382 Å². The molecule has 0 bridgehead atoms. The van der Waals surface area contributed by atoms with Gasteiger partial charge in [0.25, 0.3) is 6.71 Å². The van der Waals surface area contributed by atoms with Crippen molar-refractivity contribution in [1.82, 2.24) is 0 Å². The van der Waals surface area contributed by atoms with E-state index in [9.17, 15) is 0 Å². The molecule has 0 saturated heterocycles. The van der Waals surface area contributed by atoms with Crippen molar-refractivity contribution >= 4 is 176 Å². The molecule has 0 amide bonds. The van der Waals surface area contributed by atoms with Crippen LogP contribution in [-0.4, -0.2) is 13.4 Å². The van der Waals surface area contributed by atoms with Crippen LogP contribution in [-0.2, 0) is 0 Å². The Hall–Kier alpha value is -12.2. The van der Waals surface area contributed by atoms with Crippen LogP contribution in [0.1, 0.15) is 0 Å². The summed E-state index contributed by atoms with van der Waals surface area (Å²) < 4.78 is 0. The van der Waals surface area contributed by atoms with Crippen LogP contribution in [0.4, 0.5) is 85.3 Å². The molecule has 0 aliphatic carbocycles. The van der Waals surface area contributed by atoms with Crippen LogP contribution >= 0.6 is 11.8 Å². The monoisotopic (exact) mass is 1260 g/mol. The van der Waals surface area contributed by atoms with Crippen molar-refractivity contribution in [3.05, 3.63) is 358 Å². The molecule has 0 unspecified atom stereocenters. The van der Waals surface area contributed by atoms with Gasteiger partial charge in [0.05, 0.1) is 11.4 Å². The van der Waals surface area contributed by atoms with E-state index in [1.807, 2.05) is 11.8 Å². The third-order valence-corrected chi connectivity index (χ3v) is 21.6. The quantitative estimate of drug-likeness (QED) is 0.0995. The standard InChI is InChI=1S/C90H59B2N5S/c1-7-31-63(32-8-1)93(64-33-9-2-10-34-64)69-54-82-88-83(55-69)97(90-73-45-23-21-43-71(73)87(72-44-22-24-46-74(72)90)62-52-51-60-29-19-20-30-61(60)53-62)81-59-85-78(58-77(81)91(88)75-47-25-27-49-79(75)95(82)67-39-15-5-16-40-67)92-76-48-26-28-50-80(76)96(68-41-17-6-18-42-68)84-56-70(57-86(98-85)89(84)92)94(65-35-11-3-12-36-65)66-37-13-4-14-38-66/h1-59H. The van der Waals surface area contributed by atoms with Gasteiger partial charge in [0.1, 0.15) is 0 Å². The van der Waals surface area contributed by atoms with E-state index in [-0.39, 0.29) is 13.4 Å². The summed E-state index contributed by atoms with van der Waals surface area (Å²) in [6, 6.07) is 133. The summed E-state index contributed by atoms with van der Waals surface area (Å²) in [6.07, 6.45) is 0. The number of fused-ring (bicyclic) bond motifs is 11. The normalized spacial score (nSPS) is 13.0. The molecule has 0 saturated carbocycles. The molecule has 0 spiro atoms.